The molecule has 172 valence electrons. The molecule has 1 spiro atoms. The molecule has 6 rings (SSSR count). The van der Waals surface area contributed by atoms with Crippen LogP contribution in [-0.2, 0) is 4.79 Å². The second-order valence-electron chi connectivity index (χ2n) is 9.28. The number of Topliss-reactive ketones (excluding diaryl/α,β-unsaturated/α-hetero) is 1. The predicted molar refractivity (Wildman–Crippen MR) is 118 cm³/mol. The number of carbonyl (C=O) groups excluding carboxylic acids is 2. The van der Waals surface area contributed by atoms with Gasteiger partial charge in [-0.25, -0.2) is 0 Å². The molecule has 1 fully saturated rings. The van der Waals surface area contributed by atoms with Crippen LogP contribution in [0.15, 0.2) is 24.3 Å². The largest absolute Gasteiger partial charge is 0.493 e. The van der Waals surface area contributed by atoms with E-state index < -0.39 is 5.60 Å². The maximum Gasteiger partial charge on any atom is 0.312 e. The minimum Gasteiger partial charge on any atom is -0.493 e. The molecule has 33 heavy (non-hydrogen) atoms. The van der Waals surface area contributed by atoms with Crippen LogP contribution in [-0.4, -0.2) is 37.7 Å². The first kappa shape index (κ1) is 20.4. The van der Waals surface area contributed by atoms with Crippen LogP contribution in [0, 0.1) is 0 Å². The van der Waals surface area contributed by atoms with Gasteiger partial charge in [0.25, 0.3) is 0 Å². The van der Waals surface area contributed by atoms with Gasteiger partial charge in [0, 0.05) is 11.5 Å². The lowest BCUT2D eigenvalue weighted by molar-refractivity contribution is -0.135. The van der Waals surface area contributed by atoms with Crippen molar-refractivity contribution in [3.8, 4) is 28.7 Å². The van der Waals surface area contributed by atoms with Crippen molar-refractivity contribution in [3.05, 3.63) is 41.0 Å². The third-order valence-corrected chi connectivity index (χ3v) is 7.22. The molecule has 3 aliphatic heterocycles. The molecule has 0 radical (unpaired) electrons. The summed E-state index contributed by atoms with van der Waals surface area (Å²) in [5.74, 6) is 2.13. The number of ketones is 1. The average molecular weight is 450 g/mol. The second-order valence-corrected chi connectivity index (χ2v) is 9.28. The number of hydrogen-bond donors (Lipinski definition) is 0. The number of carbonyl (C=O) groups is 2. The van der Waals surface area contributed by atoms with Crippen LogP contribution in [0.2, 0.25) is 0 Å². The summed E-state index contributed by atoms with van der Waals surface area (Å²) < 4.78 is 29.4. The van der Waals surface area contributed by atoms with Gasteiger partial charge in [-0.15, -0.1) is 0 Å². The molecule has 7 heteroatoms. The minimum absolute atomic E-state index is 0.0938. The summed E-state index contributed by atoms with van der Waals surface area (Å²) in [6.45, 7) is 0.894. The molecule has 1 saturated carbocycles. The van der Waals surface area contributed by atoms with Crippen molar-refractivity contribution in [3.63, 3.8) is 0 Å². The van der Waals surface area contributed by atoms with Crippen molar-refractivity contribution in [2.75, 3.05) is 20.3 Å². The molecule has 3 heterocycles. The molecule has 0 bridgehead atoms. The van der Waals surface area contributed by atoms with Gasteiger partial charge in [0.2, 0.25) is 5.75 Å². The Balaban J connectivity index is 1.51. The van der Waals surface area contributed by atoms with Crippen molar-refractivity contribution in [1.82, 2.24) is 0 Å². The molecular weight excluding hydrogens is 424 g/mol. The lowest BCUT2D eigenvalue weighted by Crippen LogP contribution is -2.44. The summed E-state index contributed by atoms with van der Waals surface area (Å²) in [5.41, 5.74) is 1.69. The first-order chi connectivity index (χ1) is 16.1. The molecule has 0 unspecified atom stereocenters. The van der Waals surface area contributed by atoms with Crippen molar-refractivity contribution < 1.29 is 33.3 Å². The second kappa shape index (κ2) is 7.68. The molecule has 0 N–H and O–H groups in total. The van der Waals surface area contributed by atoms with E-state index in [1.807, 2.05) is 12.1 Å². The van der Waals surface area contributed by atoms with Gasteiger partial charge in [0.15, 0.2) is 17.3 Å². The highest BCUT2D eigenvalue weighted by Gasteiger charge is 2.45. The number of benzene rings is 2. The molecule has 7 nitrogen and oxygen atoms in total. The van der Waals surface area contributed by atoms with Crippen molar-refractivity contribution in [2.45, 2.75) is 56.5 Å². The summed E-state index contributed by atoms with van der Waals surface area (Å²) in [6, 6.07) is 7.21. The van der Waals surface area contributed by atoms with E-state index in [1.165, 1.54) is 0 Å². The fourth-order valence-electron chi connectivity index (χ4n) is 5.66. The van der Waals surface area contributed by atoms with Gasteiger partial charge >= 0.3 is 5.97 Å². The smallest absolute Gasteiger partial charge is 0.312 e. The number of fused-ring (bicyclic) bond motifs is 4. The van der Waals surface area contributed by atoms with E-state index in [0.29, 0.717) is 53.9 Å². The SMILES string of the molecule is COc1cc([C@@H]2CC(=O)Oc3ccc4c(c32)OC2(CCCCC2)CC4=O)cc2c1OCCO2. The zero-order chi connectivity index (χ0) is 22.6. The Bertz CT molecular complexity index is 1130. The van der Waals surface area contributed by atoms with Gasteiger partial charge in [-0.3, -0.25) is 9.59 Å². The molecule has 4 aliphatic rings. The van der Waals surface area contributed by atoms with Gasteiger partial charge in [-0.2, -0.15) is 0 Å². The summed E-state index contributed by atoms with van der Waals surface area (Å²) in [5, 5.41) is 0. The molecule has 0 aromatic heterocycles. The van der Waals surface area contributed by atoms with Crippen molar-refractivity contribution in [1.29, 1.82) is 0 Å². The zero-order valence-corrected chi connectivity index (χ0v) is 18.6. The molecule has 1 aliphatic carbocycles. The van der Waals surface area contributed by atoms with E-state index >= 15 is 0 Å². The monoisotopic (exact) mass is 450 g/mol. The third kappa shape index (κ3) is 3.33. The van der Waals surface area contributed by atoms with Gasteiger partial charge in [-0.05, 0) is 55.5 Å². The Morgan fingerprint density at radius 1 is 0.970 bits per heavy atom. The van der Waals surface area contributed by atoms with Crippen LogP contribution in [0.3, 0.4) is 0 Å². The first-order valence-electron chi connectivity index (χ1n) is 11.6. The lowest BCUT2D eigenvalue weighted by Gasteiger charge is -2.42. The highest BCUT2D eigenvalue weighted by Crippen LogP contribution is 2.52. The fourth-order valence-corrected chi connectivity index (χ4v) is 5.66. The third-order valence-electron chi connectivity index (χ3n) is 7.22. The Morgan fingerprint density at radius 3 is 2.61 bits per heavy atom. The number of methoxy groups -OCH3 is 1. The average Bonchev–Trinajstić information content (AvgIpc) is 2.83. The van der Waals surface area contributed by atoms with E-state index in [-0.39, 0.29) is 24.1 Å². The van der Waals surface area contributed by atoms with Crippen LogP contribution in [0.4, 0.5) is 0 Å². The standard InChI is InChI=1S/C26H26O7/c1-29-20-11-15(12-21-25(20)31-10-9-30-21)17-13-22(28)32-19-6-5-16-18(27)14-26(7-3-2-4-8-26)33-24(16)23(17)19/h5-6,11-12,17H,2-4,7-10,13-14H2,1H3/t17-/m0/s1. The Morgan fingerprint density at radius 2 is 1.79 bits per heavy atom. The molecule has 2 aromatic carbocycles. The zero-order valence-electron chi connectivity index (χ0n) is 18.6. The number of ether oxygens (including phenoxy) is 5. The fraction of sp³-hybridized carbons (Fsp3) is 0.462. The van der Waals surface area contributed by atoms with E-state index in [1.54, 1.807) is 19.2 Å². The van der Waals surface area contributed by atoms with Crippen LogP contribution >= 0.6 is 0 Å². The molecule has 1 atom stereocenters. The number of esters is 1. The molecular formula is C26H26O7. The number of hydrogen-bond acceptors (Lipinski definition) is 7. The van der Waals surface area contributed by atoms with Crippen LogP contribution < -0.4 is 23.7 Å². The van der Waals surface area contributed by atoms with Crippen LogP contribution in [0.25, 0.3) is 0 Å². The van der Waals surface area contributed by atoms with E-state index in [4.69, 9.17) is 23.7 Å². The molecule has 0 saturated heterocycles. The lowest BCUT2D eigenvalue weighted by atomic mass is 9.76. The van der Waals surface area contributed by atoms with Gasteiger partial charge in [0.1, 0.15) is 30.3 Å². The normalized spacial score (nSPS) is 22.6. The van der Waals surface area contributed by atoms with E-state index in [2.05, 4.69) is 0 Å². The van der Waals surface area contributed by atoms with Gasteiger partial charge in [0.05, 0.1) is 25.5 Å². The van der Waals surface area contributed by atoms with Gasteiger partial charge in [-0.1, -0.05) is 6.42 Å². The Kier molecular flexibility index (Phi) is 4.75. The maximum absolute atomic E-state index is 13.2. The topological polar surface area (TPSA) is 80.3 Å². The van der Waals surface area contributed by atoms with E-state index in [9.17, 15) is 9.59 Å². The molecule has 2 aromatic rings. The first-order valence-corrected chi connectivity index (χ1v) is 11.6. The van der Waals surface area contributed by atoms with Gasteiger partial charge < -0.3 is 23.7 Å². The van der Waals surface area contributed by atoms with Crippen molar-refractivity contribution >= 4 is 11.8 Å². The summed E-state index contributed by atoms with van der Waals surface area (Å²) in [6.07, 6.45) is 5.54. The number of rotatable bonds is 2. The Hall–Kier alpha value is -3.22. The highest BCUT2D eigenvalue weighted by molar-refractivity contribution is 6.01. The summed E-state index contributed by atoms with van der Waals surface area (Å²) in [4.78, 5) is 25.8. The molecule has 0 amide bonds. The minimum atomic E-state index is -0.464. The maximum atomic E-state index is 13.2. The Labute approximate surface area is 191 Å². The quantitative estimate of drug-likeness (QED) is 0.490. The van der Waals surface area contributed by atoms with E-state index in [0.717, 1.165) is 43.2 Å². The van der Waals surface area contributed by atoms with Crippen LogP contribution in [0.1, 0.15) is 72.3 Å². The summed E-state index contributed by atoms with van der Waals surface area (Å²) in [7, 11) is 1.58. The predicted octanol–water partition coefficient (Wildman–Crippen LogP) is 4.58. The van der Waals surface area contributed by atoms with Crippen LogP contribution in [0.5, 0.6) is 28.7 Å². The highest BCUT2D eigenvalue weighted by atomic mass is 16.6. The summed E-state index contributed by atoms with van der Waals surface area (Å²) >= 11 is 0. The van der Waals surface area contributed by atoms with Crippen molar-refractivity contribution in [2.24, 2.45) is 0 Å².